The second-order valence-corrected chi connectivity index (χ2v) is 5.06. The molecule has 0 radical (unpaired) electrons. The quantitative estimate of drug-likeness (QED) is 0.596. The van der Waals surface area contributed by atoms with Gasteiger partial charge in [0, 0.05) is 3.92 Å². The van der Waals surface area contributed by atoms with Gasteiger partial charge in [-0.25, -0.2) is 0 Å². The predicted octanol–water partition coefficient (Wildman–Crippen LogP) is 1.38. The molecule has 0 spiro atoms. The maximum Gasteiger partial charge on any atom is 0.307 e. The Kier molecular flexibility index (Phi) is 3.52. The van der Waals surface area contributed by atoms with Crippen LogP contribution in [-0.2, 0) is 9.59 Å². The normalized spacial score (nSPS) is 34.1. The Morgan fingerprint density at radius 3 is 2.08 bits per heavy atom. The van der Waals surface area contributed by atoms with Crippen LogP contribution in [0.5, 0.6) is 0 Å². The molecule has 1 aliphatic rings. The second-order valence-electron chi connectivity index (χ2n) is 3.30. The molecule has 0 aromatic heterocycles. The van der Waals surface area contributed by atoms with Crippen LogP contribution >= 0.6 is 22.6 Å². The molecular formula is C8H11IO4. The van der Waals surface area contributed by atoms with Crippen molar-refractivity contribution in [2.45, 2.75) is 23.2 Å². The molecule has 1 fully saturated rings. The van der Waals surface area contributed by atoms with E-state index in [0.717, 1.165) is 6.42 Å². The van der Waals surface area contributed by atoms with E-state index in [4.69, 9.17) is 10.2 Å². The monoisotopic (exact) mass is 298 g/mol. The Morgan fingerprint density at radius 2 is 1.62 bits per heavy atom. The van der Waals surface area contributed by atoms with Gasteiger partial charge >= 0.3 is 11.9 Å². The van der Waals surface area contributed by atoms with Crippen molar-refractivity contribution in [1.82, 2.24) is 0 Å². The third kappa shape index (κ3) is 2.55. The summed E-state index contributed by atoms with van der Waals surface area (Å²) in [5.41, 5.74) is 0. The first-order chi connectivity index (χ1) is 6.02. The molecule has 0 bridgehead atoms. The second kappa shape index (κ2) is 4.26. The van der Waals surface area contributed by atoms with Crippen LogP contribution in [0.25, 0.3) is 0 Å². The molecule has 3 atom stereocenters. The summed E-state index contributed by atoms with van der Waals surface area (Å²) in [6, 6.07) is 0. The van der Waals surface area contributed by atoms with Crippen molar-refractivity contribution in [3.63, 3.8) is 0 Å². The number of hydrogen-bond donors (Lipinski definition) is 2. The average molecular weight is 298 g/mol. The molecule has 0 amide bonds. The lowest BCUT2D eigenvalue weighted by atomic mass is 9.79. The molecule has 0 aliphatic heterocycles. The Hall–Kier alpha value is -0.330. The molecule has 0 heterocycles. The van der Waals surface area contributed by atoms with Crippen molar-refractivity contribution in [2.75, 3.05) is 0 Å². The molecule has 1 saturated carbocycles. The van der Waals surface area contributed by atoms with Crippen LogP contribution in [0, 0.1) is 11.8 Å². The number of carboxylic acid groups (broad SMARTS) is 2. The molecule has 3 unspecified atom stereocenters. The fourth-order valence-electron chi connectivity index (χ4n) is 1.69. The first kappa shape index (κ1) is 10.7. The van der Waals surface area contributed by atoms with Crippen molar-refractivity contribution in [2.24, 2.45) is 11.8 Å². The predicted molar refractivity (Wildman–Crippen MR) is 53.9 cm³/mol. The maximum absolute atomic E-state index is 10.7. The van der Waals surface area contributed by atoms with Crippen LogP contribution in [0.2, 0.25) is 0 Å². The van der Waals surface area contributed by atoms with Crippen LogP contribution < -0.4 is 0 Å². The van der Waals surface area contributed by atoms with Crippen LogP contribution in [0.1, 0.15) is 19.3 Å². The molecule has 2 N–H and O–H groups in total. The third-order valence-electron chi connectivity index (χ3n) is 2.42. The fourth-order valence-corrected chi connectivity index (χ4v) is 2.60. The van der Waals surface area contributed by atoms with Crippen LogP contribution in [0.15, 0.2) is 0 Å². The molecule has 5 heteroatoms. The number of carbonyl (C=O) groups is 2. The summed E-state index contributed by atoms with van der Waals surface area (Å²) in [6.45, 7) is 0. The summed E-state index contributed by atoms with van der Waals surface area (Å²) in [5, 5.41) is 17.6. The third-order valence-corrected chi connectivity index (χ3v) is 3.55. The first-order valence-electron chi connectivity index (χ1n) is 4.12. The largest absolute Gasteiger partial charge is 0.481 e. The molecule has 1 aliphatic carbocycles. The van der Waals surface area contributed by atoms with Gasteiger partial charge in [-0.1, -0.05) is 22.6 Å². The van der Waals surface area contributed by atoms with E-state index in [-0.39, 0.29) is 0 Å². The number of aliphatic carboxylic acids is 2. The zero-order valence-corrected chi connectivity index (χ0v) is 9.10. The summed E-state index contributed by atoms with van der Waals surface area (Å²) in [7, 11) is 0. The summed E-state index contributed by atoms with van der Waals surface area (Å²) in [4.78, 5) is 21.5. The van der Waals surface area contributed by atoms with E-state index in [2.05, 4.69) is 22.6 Å². The lowest BCUT2D eigenvalue weighted by Crippen LogP contribution is -2.35. The summed E-state index contributed by atoms with van der Waals surface area (Å²) >= 11 is 2.18. The van der Waals surface area contributed by atoms with E-state index in [1.165, 1.54) is 0 Å². The van der Waals surface area contributed by atoms with Gasteiger partial charge in [0.05, 0.1) is 11.8 Å². The van der Waals surface area contributed by atoms with Gasteiger partial charge in [0.1, 0.15) is 0 Å². The SMILES string of the molecule is O=C(O)C1CCC(I)CC1C(=O)O. The van der Waals surface area contributed by atoms with Gasteiger partial charge in [0.15, 0.2) is 0 Å². The highest BCUT2D eigenvalue weighted by atomic mass is 127. The average Bonchev–Trinajstić information content (AvgIpc) is 2.03. The Balaban J connectivity index is 2.72. The van der Waals surface area contributed by atoms with Crippen molar-refractivity contribution >= 4 is 34.5 Å². The van der Waals surface area contributed by atoms with E-state index < -0.39 is 23.8 Å². The van der Waals surface area contributed by atoms with Gasteiger partial charge in [-0.2, -0.15) is 0 Å². The van der Waals surface area contributed by atoms with Crippen molar-refractivity contribution < 1.29 is 19.8 Å². The van der Waals surface area contributed by atoms with Gasteiger partial charge < -0.3 is 10.2 Å². The number of rotatable bonds is 2. The van der Waals surface area contributed by atoms with Gasteiger partial charge in [-0.05, 0) is 19.3 Å². The van der Waals surface area contributed by atoms with Crippen LogP contribution in [0.4, 0.5) is 0 Å². The molecule has 4 nitrogen and oxygen atoms in total. The highest BCUT2D eigenvalue weighted by molar-refractivity contribution is 14.1. The minimum atomic E-state index is -0.978. The Bertz CT molecular complexity index is 228. The topological polar surface area (TPSA) is 74.6 Å². The zero-order valence-electron chi connectivity index (χ0n) is 6.94. The lowest BCUT2D eigenvalue weighted by molar-refractivity contribution is -0.155. The summed E-state index contributed by atoms with van der Waals surface area (Å²) in [5.74, 6) is -3.35. The smallest absolute Gasteiger partial charge is 0.307 e. The summed E-state index contributed by atoms with van der Waals surface area (Å²) < 4.78 is 0.300. The van der Waals surface area contributed by atoms with Gasteiger partial charge in [-0.15, -0.1) is 0 Å². The molecule has 0 saturated heterocycles. The molecule has 1 rings (SSSR count). The molecule has 0 aromatic rings. The lowest BCUT2D eigenvalue weighted by Gasteiger charge is -2.28. The van der Waals surface area contributed by atoms with Crippen LogP contribution in [0.3, 0.4) is 0 Å². The van der Waals surface area contributed by atoms with E-state index in [0.29, 0.717) is 16.8 Å². The fraction of sp³-hybridized carbons (Fsp3) is 0.750. The molecule has 13 heavy (non-hydrogen) atoms. The minimum Gasteiger partial charge on any atom is -0.481 e. The Morgan fingerprint density at radius 1 is 1.08 bits per heavy atom. The minimum absolute atomic E-state index is 0.300. The van der Waals surface area contributed by atoms with E-state index in [9.17, 15) is 9.59 Å². The number of hydrogen-bond acceptors (Lipinski definition) is 2. The van der Waals surface area contributed by atoms with Crippen LogP contribution in [-0.4, -0.2) is 26.1 Å². The first-order valence-corrected chi connectivity index (χ1v) is 5.36. The maximum atomic E-state index is 10.7. The van der Waals surface area contributed by atoms with E-state index in [1.54, 1.807) is 0 Å². The molecule has 74 valence electrons. The van der Waals surface area contributed by atoms with Crippen molar-refractivity contribution in [3.05, 3.63) is 0 Å². The summed E-state index contributed by atoms with van der Waals surface area (Å²) in [6.07, 6.45) is 1.77. The van der Waals surface area contributed by atoms with E-state index in [1.807, 2.05) is 0 Å². The number of alkyl halides is 1. The van der Waals surface area contributed by atoms with Gasteiger partial charge in [0.25, 0.3) is 0 Å². The Labute approximate surface area is 89.5 Å². The molecule has 0 aromatic carbocycles. The number of halogens is 1. The van der Waals surface area contributed by atoms with Gasteiger partial charge in [0.2, 0.25) is 0 Å². The number of carboxylic acids is 2. The zero-order chi connectivity index (χ0) is 10.0. The standard InChI is InChI=1S/C8H11IO4/c9-4-1-2-5(7(10)11)6(3-4)8(12)13/h4-6H,1-3H2,(H,10,11)(H,12,13). The van der Waals surface area contributed by atoms with E-state index >= 15 is 0 Å². The highest BCUT2D eigenvalue weighted by Crippen LogP contribution is 2.34. The molecular weight excluding hydrogens is 287 g/mol. The van der Waals surface area contributed by atoms with Gasteiger partial charge in [-0.3, -0.25) is 9.59 Å². The van der Waals surface area contributed by atoms with Crippen molar-refractivity contribution in [3.8, 4) is 0 Å². The highest BCUT2D eigenvalue weighted by Gasteiger charge is 2.38. The van der Waals surface area contributed by atoms with Crippen molar-refractivity contribution in [1.29, 1.82) is 0 Å².